The number of rotatable bonds is 2. The third-order valence-electron chi connectivity index (χ3n) is 2.62. The number of ether oxygens (including phenoxy) is 1. The molecular formula is C12H13NO4. The van der Waals surface area contributed by atoms with Gasteiger partial charge >= 0.3 is 0 Å². The first-order valence-electron chi connectivity index (χ1n) is 5.10. The first-order valence-corrected chi connectivity index (χ1v) is 5.10. The summed E-state index contributed by atoms with van der Waals surface area (Å²) in [6.07, 6.45) is 0. The molecule has 1 amide bonds. The fourth-order valence-corrected chi connectivity index (χ4v) is 1.81. The van der Waals surface area contributed by atoms with Crippen molar-refractivity contribution < 1.29 is 19.1 Å². The quantitative estimate of drug-likeness (QED) is 0.832. The van der Waals surface area contributed by atoms with Crippen molar-refractivity contribution in [3.05, 3.63) is 23.5 Å². The van der Waals surface area contributed by atoms with Crippen LogP contribution in [0.5, 0.6) is 11.5 Å². The van der Waals surface area contributed by atoms with Gasteiger partial charge in [0.2, 0.25) is 0 Å². The van der Waals surface area contributed by atoms with Crippen LogP contribution < -0.4 is 10.1 Å². The normalized spacial score (nSPS) is 10.5. The Bertz CT molecular complexity index is 586. The lowest BCUT2D eigenvalue weighted by atomic mass is 10.1. The van der Waals surface area contributed by atoms with E-state index in [4.69, 9.17) is 9.15 Å². The average molecular weight is 235 g/mol. The van der Waals surface area contributed by atoms with Gasteiger partial charge in [-0.05, 0) is 13.0 Å². The van der Waals surface area contributed by atoms with E-state index in [1.54, 1.807) is 20.0 Å². The fraction of sp³-hybridized carbons (Fsp3) is 0.250. The van der Waals surface area contributed by atoms with Crippen LogP contribution in [0, 0.1) is 6.92 Å². The Labute approximate surface area is 98.0 Å². The SMILES string of the molecule is CNC(=O)c1c(C)oc2cc(O)c(OC)cc12. The van der Waals surface area contributed by atoms with Crippen LogP contribution in [0.25, 0.3) is 11.0 Å². The summed E-state index contributed by atoms with van der Waals surface area (Å²) in [5, 5.41) is 12.8. The van der Waals surface area contributed by atoms with Crippen molar-refractivity contribution in [3.8, 4) is 11.5 Å². The molecule has 90 valence electrons. The molecule has 1 aromatic carbocycles. The summed E-state index contributed by atoms with van der Waals surface area (Å²) >= 11 is 0. The maximum Gasteiger partial charge on any atom is 0.255 e. The molecule has 17 heavy (non-hydrogen) atoms. The summed E-state index contributed by atoms with van der Waals surface area (Å²) in [5.41, 5.74) is 0.917. The number of phenolic OH excluding ortho intramolecular Hbond substituents is 1. The predicted octanol–water partition coefficient (Wildman–Crippen LogP) is 1.82. The zero-order valence-corrected chi connectivity index (χ0v) is 9.83. The molecule has 0 saturated heterocycles. The van der Waals surface area contributed by atoms with Gasteiger partial charge in [0.25, 0.3) is 5.91 Å². The van der Waals surface area contributed by atoms with Gasteiger partial charge < -0.3 is 19.6 Å². The highest BCUT2D eigenvalue weighted by molar-refractivity contribution is 6.07. The van der Waals surface area contributed by atoms with E-state index in [1.807, 2.05) is 0 Å². The Hall–Kier alpha value is -2.17. The molecule has 0 unspecified atom stereocenters. The number of hydrogen-bond acceptors (Lipinski definition) is 4. The molecule has 2 N–H and O–H groups in total. The third-order valence-corrected chi connectivity index (χ3v) is 2.62. The van der Waals surface area contributed by atoms with Crippen LogP contribution >= 0.6 is 0 Å². The third kappa shape index (κ3) is 1.69. The van der Waals surface area contributed by atoms with E-state index >= 15 is 0 Å². The van der Waals surface area contributed by atoms with Crippen molar-refractivity contribution in [1.82, 2.24) is 5.32 Å². The van der Waals surface area contributed by atoms with E-state index < -0.39 is 0 Å². The molecule has 0 aliphatic carbocycles. The molecule has 0 aliphatic rings. The van der Waals surface area contributed by atoms with Crippen molar-refractivity contribution in [2.75, 3.05) is 14.2 Å². The van der Waals surface area contributed by atoms with Crippen LogP contribution in [0.15, 0.2) is 16.5 Å². The number of amides is 1. The molecule has 2 aromatic rings. The molecule has 2 rings (SSSR count). The fourth-order valence-electron chi connectivity index (χ4n) is 1.81. The number of benzene rings is 1. The van der Waals surface area contributed by atoms with Gasteiger partial charge in [-0.1, -0.05) is 0 Å². The van der Waals surface area contributed by atoms with Crippen LogP contribution in [0.3, 0.4) is 0 Å². The van der Waals surface area contributed by atoms with E-state index in [-0.39, 0.29) is 11.7 Å². The van der Waals surface area contributed by atoms with Gasteiger partial charge in [0.05, 0.1) is 12.7 Å². The number of nitrogens with one attached hydrogen (secondary N) is 1. The summed E-state index contributed by atoms with van der Waals surface area (Å²) in [7, 11) is 3.01. The van der Waals surface area contributed by atoms with E-state index in [0.29, 0.717) is 28.0 Å². The van der Waals surface area contributed by atoms with E-state index in [1.165, 1.54) is 13.2 Å². The number of carbonyl (C=O) groups is 1. The molecular weight excluding hydrogens is 222 g/mol. The maximum absolute atomic E-state index is 11.7. The zero-order valence-electron chi connectivity index (χ0n) is 9.83. The minimum Gasteiger partial charge on any atom is -0.504 e. The molecule has 0 saturated carbocycles. The highest BCUT2D eigenvalue weighted by atomic mass is 16.5. The van der Waals surface area contributed by atoms with Crippen LogP contribution in [0.2, 0.25) is 0 Å². The Balaban J connectivity index is 2.76. The molecule has 5 nitrogen and oxygen atoms in total. The predicted molar refractivity (Wildman–Crippen MR) is 62.6 cm³/mol. The lowest BCUT2D eigenvalue weighted by Crippen LogP contribution is -2.18. The minimum absolute atomic E-state index is 0.0165. The number of fused-ring (bicyclic) bond motifs is 1. The number of furan rings is 1. The van der Waals surface area contributed by atoms with Gasteiger partial charge in [-0.2, -0.15) is 0 Å². The standard InChI is InChI=1S/C12H13NO4/c1-6-11(12(15)13-2)7-4-10(16-3)8(14)5-9(7)17-6/h4-5,14H,1-3H3,(H,13,15). The molecule has 0 spiro atoms. The van der Waals surface area contributed by atoms with Crippen molar-refractivity contribution in [2.24, 2.45) is 0 Å². The van der Waals surface area contributed by atoms with Gasteiger partial charge in [-0.25, -0.2) is 0 Å². The molecule has 0 radical (unpaired) electrons. The van der Waals surface area contributed by atoms with Crippen LogP contribution in [-0.2, 0) is 0 Å². The second-order valence-corrected chi connectivity index (χ2v) is 3.63. The van der Waals surface area contributed by atoms with E-state index in [9.17, 15) is 9.90 Å². The lowest BCUT2D eigenvalue weighted by molar-refractivity contribution is 0.0963. The summed E-state index contributed by atoms with van der Waals surface area (Å²) in [6, 6.07) is 3.03. The van der Waals surface area contributed by atoms with Gasteiger partial charge in [0.1, 0.15) is 11.3 Å². The first kappa shape index (κ1) is 11.3. The van der Waals surface area contributed by atoms with Gasteiger partial charge in [-0.15, -0.1) is 0 Å². The molecule has 1 aromatic heterocycles. The molecule has 0 bridgehead atoms. The van der Waals surface area contributed by atoms with Crippen molar-refractivity contribution >= 4 is 16.9 Å². The van der Waals surface area contributed by atoms with Crippen LogP contribution in [0.1, 0.15) is 16.1 Å². The molecule has 1 heterocycles. The van der Waals surface area contributed by atoms with Crippen LogP contribution in [0.4, 0.5) is 0 Å². The van der Waals surface area contributed by atoms with Gasteiger partial charge in [-0.3, -0.25) is 4.79 Å². The number of phenols is 1. The highest BCUT2D eigenvalue weighted by Gasteiger charge is 2.19. The second-order valence-electron chi connectivity index (χ2n) is 3.63. The summed E-state index contributed by atoms with van der Waals surface area (Å²) < 4.78 is 10.4. The smallest absolute Gasteiger partial charge is 0.255 e. The Morgan fingerprint density at radius 3 is 2.76 bits per heavy atom. The lowest BCUT2D eigenvalue weighted by Gasteiger charge is -2.03. The Kier molecular flexibility index (Phi) is 2.67. The molecule has 5 heteroatoms. The van der Waals surface area contributed by atoms with Gasteiger partial charge in [0, 0.05) is 18.5 Å². The van der Waals surface area contributed by atoms with Gasteiger partial charge in [0.15, 0.2) is 11.5 Å². The number of carbonyl (C=O) groups excluding carboxylic acids is 1. The molecule has 0 fully saturated rings. The number of aromatic hydroxyl groups is 1. The van der Waals surface area contributed by atoms with E-state index in [2.05, 4.69) is 5.32 Å². The zero-order chi connectivity index (χ0) is 12.6. The second kappa shape index (κ2) is 4.01. The molecule has 0 aliphatic heterocycles. The maximum atomic E-state index is 11.7. The summed E-state index contributed by atoms with van der Waals surface area (Å²) in [6.45, 7) is 1.70. The number of hydrogen-bond donors (Lipinski definition) is 2. The van der Waals surface area contributed by atoms with Crippen molar-refractivity contribution in [2.45, 2.75) is 6.92 Å². The summed E-state index contributed by atoms with van der Waals surface area (Å²) in [5.74, 6) is 0.571. The average Bonchev–Trinajstić information content (AvgIpc) is 2.62. The topological polar surface area (TPSA) is 71.7 Å². The Morgan fingerprint density at radius 1 is 1.47 bits per heavy atom. The van der Waals surface area contributed by atoms with Crippen LogP contribution in [-0.4, -0.2) is 25.2 Å². The number of aryl methyl sites for hydroxylation is 1. The van der Waals surface area contributed by atoms with Crippen molar-refractivity contribution in [3.63, 3.8) is 0 Å². The largest absolute Gasteiger partial charge is 0.504 e. The summed E-state index contributed by atoms with van der Waals surface area (Å²) in [4.78, 5) is 11.7. The highest BCUT2D eigenvalue weighted by Crippen LogP contribution is 2.35. The first-order chi connectivity index (χ1) is 8.08. The van der Waals surface area contributed by atoms with Crippen molar-refractivity contribution in [1.29, 1.82) is 0 Å². The van der Waals surface area contributed by atoms with E-state index in [0.717, 1.165) is 0 Å². The minimum atomic E-state index is -0.228. The monoisotopic (exact) mass is 235 g/mol. The number of methoxy groups -OCH3 is 1. The Morgan fingerprint density at radius 2 is 2.18 bits per heavy atom. The molecule has 0 atom stereocenters.